The van der Waals surface area contributed by atoms with Gasteiger partial charge in [0.1, 0.15) is 0 Å². The van der Waals surface area contributed by atoms with Gasteiger partial charge in [-0.15, -0.1) is 0 Å². The highest BCUT2D eigenvalue weighted by Gasteiger charge is 2.14. The Labute approximate surface area is 90.4 Å². The predicted octanol–water partition coefficient (Wildman–Crippen LogP) is 1.84. The maximum Gasteiger partial charge on any atom is 0.0726 e. The van der Waals surface area contributed by atoms with E-state index >= 15 is 0 Å². The Bertz CT molecular complexity index is 379. The maximum absolute atomic E-state index is 9.41. The molecule has 0 aromatic carbocycles. The molecule has 1 aromatic heterocycles. The van der Waals surface area contributed by atoms with E-state index in [9.17, 15) is 5.11 Å². The molecule has 1 N–H and O–H groups in total. The lowest BCUT2D eigenvalue weighted by Gasteiger charge is -2.04. The number of allylic oxidation sites excluding steroid dienone is 1. The third-order valence-electron chi connectivity index (χ3n) is 2.88. The van der Waals surface area contributed by atoms with E-state index in [1.807, 2.05) is 17.7 Å². The van der Waals surface area contributed by atoms with Gasteiger partial charge in [-0.3, -0.25) is 4.68 Å². The number of rotatable bonds is 3. The third-order valence-corrected chi connectivity index (χ3v) is 2.88. The smallest absolute Gasteiger partial charge is 0.0726 e. The van der Waals surface area contributed by atoms with Crippen molar-refractivity contribution < 1.29 is 5.11 Å². The Morgan fingerprint density at radius 2 is 2.40 bits per heavy atom. The summed E-state index contributed by atoms with van der Waals surface area (Å²) in [5.74, 6) is 0. The van der Waals surface area contributed by atoms with Gasteiger partial charge in [0.2, 0.25) is 0 Å². The standard InChI is InChI=1S/C12H18N2O/c1-3-14-11(6-9(2)13-14)7-10-4-5-12(15)8-10/h6,8,12,15H,3-5,7H2,1-2H3. The van der Waals surface area contributed by atoms with Crippen molar-refractivity contribution in [3.05, 3.63) is 29.1 Å². The van der Waals surface area contributed by atoms with Crippen molar-refractivity contribution in [3.8, 4) is 0 Å². The van der Waals surface area contributed by atoms with Crippen LogP contribution in [-0.2, 0) is 13.0 Å². The summed E-state index contributed by atoms with van der Waals surface area (Å²) in [6, 6.07) is 2.13. The molecule has 0 fully saturated rings. The maximum atomic E-state index is 9.41. The van der Waals surface area contributed by atoms with Crippen LogP contribution in [0.25, 0.3) is 0 Å². The molecule has 0 aliphatic heterocycles. The van der Waals surface area contributed by atoms with E-state index in [2.05, 4.69) is 18.1 Å². The van der Waals surface area contributed by atoms with E-state index in [0.29, 0.717) is 0 Å². The lowest BCUT2D eigenvalue weighted by Crippen LogP contribution is -2.03. The minimum Gasteiger partial charge on any atom is -0.389 e. The highest BCUT2D eigenvalue weighted by atomic mass is 16.3. The summed E-state index contributed by atoms with van der Waals surface area (Å²) in [7, 11) is 0. The van der Waals surface area contributed by atoms with Crippen LogP contribution in [0.2, 0.25) is 0 Å². The van der Waals surface area contributed by atoms with Crippen molar-refractivity contribution in [1.29, 1.82) is 0 Å². The van der Waals surface area contributed by atoms with Crippen LogP contribution in [0.4, 0.5) is 0 Å². The van der Waals surface area contributed by atoms with Crippen molar-refractivity contribution in [3.63, 3.8) is 0 Å². The first kappa shape index (κ1) is 10.4. The molecule has 0 bridgehead atoms. The molecule has 0 saturated heterocycles. The average molecular weight is 206 g/mol. The summed E-state index contributed by atoms with van der Waals surface area (Å²) in [5.41, 5.74) is 3.68. The molecule has 15 heavy (non-hydrogen) atoms. The number of aryl methyl sites for hydroxylation is 2. The molecule has 0 saturated carbocycles. The third kappa shape index (κ3) is 2.29. The number of hydrogen-bond acceptors (Lipinski definition) is 2. The second-order valence-electron chi connectivity index (χ2n) is 4.20. The van der Waals surface area contributed by atoms with Crippen molar-refractivity contribution >= 4 is 0 Å². The minimum absolute atomic E-state index is 0.223. The largest absolute Gasteiger partial charge is 0.389 e. The summed E-state index contributed by atoms with van der Waals surface area (Å²) in [6.07, 6.45) is 4.61. The molecule has 1 unspecified atom stereocenters. The topological polar surface area (TPSA) is 38.0 Å². The molecular formula is C12H18N2O. The lowest BCUT2D eigenvalue weighted by atomic mass is 10.1. The van der Waals surface area contributed by atoms with Gasteiger partial charge in [0, 0.05) is 18.7 Å². The van der Waals surface area contributed by atoms with Gasteiger partial charge in [-0.05, 0) is 32.8 Å². The normalized spacial score (nSPS) is 20.7. The van der Waals surface area contributed by atoms with Gasteiger partial charge in [0.25, 0.3) is 0 Å². The summed E-state index contributed by atoms with van der Waals surface area (Å²) in [5, 5.41) is 13.8. The molecule has 0 spiro atoms. The zero-order valence-corrected chi connectivity index (χ0v) is 9.40. The average Bonchev–Trinajstić information content (AvgIpc) is 2.73. The molecule has 1 aliphatic rings. The number of aliphatic hydroxyl groups is 1. The quantitative estimate of drug-likeness (QED) is 0.766. The monoisotopic (exact) mass is 206 g/mol. The molecular weight excluding hydrogens is 188 g/mol. The van der Waals surface area contributed by atoms with E-state index in [1.54, 1.807) is 0 Å². The fourth-order valence-electron chi connectivity index (χ4n) is 2.17. The van der Waals surface area contributed by atoms with Gasteiger partial charge in [-0.2, -0.15) is 5.10 Å². The van der Waals surface area contributed by atoms with Gasteiger partial charge < -0.3 is 5.11 Å². The van der Waals surface area contributed by atoms with Gasteiger partial charge in [0.05, 0.1) is 11.8 Å². The molecule has 3 heteroatoms. The summed E-state index contributed by atoms with van der Waals surface area (Å²) < 4.78 is 2.04. The van der Waals surface area contributed by atoms with Gasteiger partial charge in [0.15, 0.2) is 0 Å². The molecule has 1 atom stereocenters. The molecule has 0 amide bonds. The Morgan fingerprint density at radius 3 is 3.00 bits per heavy atom. The molecule has 1 aromatic rings. The van der Waals surface area contributed by atoms with Crippen molar-refractivity contribution in [1.82, 2.24) is 9.78 Å². The molecule has 82 valence electrons. The van der Waals surface area contributed by atoms with Crippen LogP contribution in [0.3, 0.4) is 0 Å². The Balaban J connectivity index is 2.13. The minimum atomic E-state index is -0.223. The SMILES string of the molecule is CCn1nc(C)cc1CC1=CC(O)CC1. The molecule has 1 aliphatic carbocycles. The first-order chi connectivity index (χ1) is 7.19. The van der Waals surface area contributed by atoms with Crippen molar-refractivity contribution in [2.45, 2.75) is 45.8 Å². The van der Waals surface area contributed by atoms with Gasteiger partial charge in [-0.1, -0.05) is 11.6 Å². The van der Waals surface area contributed by atoms with Crippen LogP contribution < -0.4 is 0 Å². The zero-order chi connectivity index (χ0) is 10.8. The van der Waals surface area contributed by atoms with E-state index in [0.717, 1.165) is 31.5 Å². The molecule has 2 rings (SSSR count). The van der Waals surface area contributed by atoms with Crippen molar-refractivity contribution in [2.75, 3.05) is 0 Å². The van der Waals surface area contributed by atoms with Crippen LogP contribution in [0.15, 0.2) is 17.7 Å². The Hall–Kier alpha value is -1.09. The van der Waals surface area contributed by atoms with Crippen LogP contribution in [0.5, 0.6) is 0 Å². The predicted molar refractivity (Wildman–Crippen MR) is 59.7 cm³/mol. The number of hydrogen-bond donors (Lipinski definition) is 1. The summed E-state index contributed by atoms with van der Waals surface area (Å²) in [6.45, 7) is 5.04. The van der Waals surface area contributed by atoms with Crippen LogP contribution in [0.1, 0.15) is 31.2 Å². The summed E-state index contributed by atoms with van der Waals surface area (Å²) >= 11 is 0. The molecule has 0 radical (unpaired) electrons. The number of nitrogens with zero attached hydrogens (tertiary/aromatic N) is 2. The first-order valence-electron chi connectivity index (χ1n) is 5.60. The molecule has 1 heterocycles. The Morgan fingerprint density at radius 1 is 1.60 bits per heavy atom. The second-order valence-corrected chi connectivity index (χ2v) is 4.20. The zero-order valence-electron chi connectivity index (χ0n) is 9.40. The molecule has 3 nitrogen and oxygen atoms in total. The van der Waals surface area contributed by atoms with E-state index in [4.69, 9.17) is 0 Å². The van der Waals surface area contributed by atoms with Crippen molar-refractivity contribution in [2.24, 2.45) is 0 Å². The van der Waals surface area contributed by atoms with E-state index in [1.165, 1.54) is 11.3 Å². The van der Waals surface area contributed by atoms with Gasteiger partial charge >= 0.3 is 0 Å². The van der Waals surface area contributed by atoms with Crippen LogP contribution in [-0.4, -0.2) is 21.0 Å². The van der Waals surface area contributed by atoms with E-state index in [-0.39, 0.29) is 6.10 Å². The Kier molecular flexibility index (Phi) is 2.91. The lowest BCUT2D eigenvalue weighted by molar-refractivity contribution is 0.223. The highest BCUT2D eigenvalue weighted by Crippen LogP contribution is 2.22. The second kappa shape index (κ2) is 4.19. The van der Waals surface area contributed by atoms with Crippen LogP contribution in [0, 0.1) is 6.92 Å². The van der Waals surface area contributed by atoms with Crippen LogP contribution >= 0.6 is 0 Å². The van der Waals surface area contributed by atoms with E-state index < -0.39 is 0 Å². The van der Waals surface area contributed by atoms with Gasteiger partial charge in [-0.25, -0.2) is 0 Å². The fourth-order valence-corrected chi connectivity index (χ4v) is 2.17. The number of aliphatic hydroxyl groups excluding tert-OH is 1. The summed E-state index contributed by atoms with van der Waals surface area (Å²) in [4.78, 5) is 0. The number of aromatic nitrogens is 2. The highest BCUT2D eigenvalue weighted by molar-refractivity contribution is 5.21. The first-order valence-corrected chi connectivity index (χ1v) is 5.60. The fraction of sp³-hybridized carbons (Fsp3) is 0.583.